The summed E-state index contributed by atoms with van der Waals surface area (Å²) in [5, 5.41) is 0. The Morgan fingerprint density at radius 1 is 0.833 bits per heavy atom. The predicted octanol–water partition coefficient (Wildman–Crippen LogP) is 4.22. The van der Waals surface area contributed by atoms with Crippen LogP contribution in [0.3, 0.4) is 0 Å². The molecule has 0 rings (SSSR count). The number of unbranched alkanes of at least 4 members (excludes halogenated alkanes) is 7. The normalized spacial score (nSPS) is 10.1. The van der Waals surface area contributed by atoms with Crippen molar-refractivity contribution in [3.63, 3.8) is 0 Å². The van der Waals surface area contributed by atoms with Crippen LogP contribution in [-0.4, -0.2) is 5.75 Å². The highest BCUT2D eigenvalue weighted by Gasteiger charge is 1.89. The van der Waals surface area contributed by atoms with Crippen LogP contribution in [0, 0.1) is 0 Å². The molecular weight excluding hydrogens is 164 g/mol. The minimum absolute atomic E-state index is 1.05. The third kappa shape index (κ3) is 10.1. The van der Waals surface area contributed by atoms with Crippen LogP contribution >= 0.6 is 12.6 Å². The molecule has 0 amide bonds. The summed E-state index contributed by atoms with van der Waals surface area (Å²) in [4.78, 5) is 0. The van der Waals surface area contributed by atoms with E-state index < -0.39 is 0 Å². The van der Waals surface area contributed by atoms with Gasteiger partial charge >= 0.3 is 0 Å². The number of allylic oxidation sites excluding steroid dienone is 1. The molecule has 0 spiro atoms. The molecule has 12 heavy (non-hydrogen) atoms. The SMILES string of the molecule is C=CCCCCCCCCCS. The number of hydrogen-bond donors (Lipinski definition) is 1. The van der Waals surface area contributed by atoms with Gasteiger partial charge in [-0.15, -0.1) is 6.58 Å². The van der Waals surface area contributed by atoms with Crippen LogP contribution < -0.4 is 0 Å². The van der Waals surface area contributed by atoms with Crippen molar-refractivity contribution in [2.75, 3.05) is 5.75 Å². The number of hydrogen-bond acceptors (Lipinski definition) is 1. The quantitative estimate of drug-likeness (QED) is 0.311. The molecule has 72 valence electrons. The largest absolute Gasteiger partial charge is 0.179 e. The fourth-order valence-electron chi connectivity index (χ4n) is 1.28. The zero-order valence-electron chi connectivity index (χ0n) is 8.10. The topological polar surface area (TPSA) is 0 Å². The maximum atomic E-state index is 4.18. The Bertz CT molecular complexity index is 89.0. The second-order valence-electron chi connectivity index (χ2n) is 3.28. The van der Waals surface area contributed by atoms with Crippen molar-refractivity contribution in [3.05, 3.63) is 12.7 Å². The average molecular weight is 186 g/mol. The summed E-state index contributed by atoms with van der Waals surface area (Å²) < 4.78 is 0. The fraction of sp³-hybridized carbons (Fsp3) is 0.818. The molecule has 0 atom stereocenters. The molecular formula is C11H22S. The summed E-state index contributed by atoms with van der Waals surface area (Å²) in [6.45, 7) is 3.71. The van der Waals surface area contributed by atoms with Gasteiger partial charge in [0, 0.05) is 0 Å². The van der Waals surface area contributed by atoms with Crippen molar-refractivity contribution in [2.24, 2.45) is 0 Å². The van der Waals surface area contributed by atoms with Crippen LogP contribution in [0.2, 0.25) is 0 Å². The van der Waals surface area contributed by atoms with Gasteiger partial charge in [0.15, 0.2) is 0 Å². The maximum absolute atomic E-state index is 4.18. The van der Waals surface area contributed by atoms with Crippen molar-refractivity contribution in [2.45, 2.75) is 51.4 Å². The lowest BCUT2D eigenvalue weighted by Gasteiger charge is -1.99. The first kappa shape index (κ1) is 12.1. The molecule has 0 saturated carbocycles. The highest BCUT2D eigenvalue weighted by atomic mass is 32.1. The molecule has 0 aliphatic rings. The summed E-state index contributed by atoms with van der Waals surface area (Å²) >= 11 is 4.18. The van der Waals surface area contributed by atoms with E-state index in [4.69, 9.17) is 0 Å². The van der Waals surface area contributed by atoms with Crippen LogP contribution in [0.4, 0.5) is 0 Å². The van der Waals surface area contributed by atoms with Gasteiger partial charge in [0.2, 0.25) is 0 Å². The third-order valence-electron chi connectivity index (χ3n) is 2.07. The van der Waals surface area contributed by atoms with E-state index in [2.05, 4.69) is 19.2 Å². The summed E-state index contributed by atoms with van der Waals surface area (Å²) in [5.41, 5.74) is 0. The van der Waals surface area contributed by atoms with Gasteiger partial charge in [-0.3, -0.25) is 0 Å². The first-order valence-corrected chi connectivity index (χ1v) is 5.77. The van der Waals surface area contributed by atoms with Crippen LogP contribution in [0.5, 0.6) is 0 Å². The Kier molecular flexibility index (Phi) is 11.2. The molecule has 0 N–H and O–H groups in total. The van der Waals surface area contributed by atoms with Gasteiger partial charge in [-0.2, -0.15) is 12.6 Å². The van der Waals surface area contributed by atoms with Gasteiger partial charge in [-0.1, -0.05) is 38.2 Å². The molecule has 0 saturated heterocycles. The Hall–Kier alpha value is 0.0900. The zero-order chi connectivity index (χ0) is 9.07. The molecule has 1 heteroatoms. The highest BCUT2D eigenvalue weighted by molar-refractivity contribution is 7.80. The van der Waals surface area contributed by atoms with E-state index in [1.54, 1.807) is 0 Å². The first-order chi connectivity index (χ1) is 5.91. The van der Waals surface area contributed by atoms with Crippen LogP contribution in [0.15, 0.2) is 12.7 Å². The Morgan fingerprint density at radius 2 is 1.33 bits per heavy atom. The highest BCUT2D eigenvalue weighted by Crippen LogP contribution is 2.08. The van der Waals surface area contributed by atoms with E-state index in [0.29, 0.717) is 0 Å². The Morgan fingerprint density at radius 3 is 1.83 bits per heavy atom. The molecule has 0 heterocycles. The molecule has 0 radical (unpaired) electrons. The molecule has 0 aromatic carbocycles. The Labute approximate surface area is 82.9 Å². The van der Waals surface area contributed by atoms with Crippen LogP contribution in [0.1, 0.15) is 51.4 Å². The number of thiol groups is 1. The molecule has 0 aromatic rings. The molecule has 0 unspecified atom stereocenters. The minimum atomic E-state index is 1.05. The van der Waals surface area contributed by atoms with Crippen LogP contribution in [0.25, 0.3) is 0 Å². The lowest BCUT2D eigenvalue weighted by Crippen LogP contribution is -1.80. The van der Waals surface area contributed by atoms with Gasteiger partial charge < -0.3 is 0 Å². The minimum Gasteiger partial charge on any atom is -0.179 e. The van der Waals surface area contributed by atoms with Gasteiger partial charge in [-0.05, 0) is 25.0 Å². The summed E-state index contributed by atoms with van der Waals surface area (Å²) in [7, 11) is 0. The Balaban J connectivity index is 2.77. The van der Waals surface area contributed by atoms with E-state index in [1.807, 2.05) is 6.08 Å². The first-order valence-electron chi connectivity index (χ1n) is 5.13. The predicted molar refractivity (Wildman–Crippen MR) is 61.0 cm³/mol. The van der Waals surface area contributed by atoms with Crippen molar-refractivity contribution in [3.8, 4) is 0 Å². The summed E-state index contributed by atoms with van der Waals surface area (Å²) in [6, 6.07) is 0. The van der Waals surface area contributed by atoms with E-state index >= 15 is 0 Å². The van der Waals surface area contributed by atoms with Crippen molar-refractivity contribution in [1.82, 2.24) is 0 Å². The smallest absolute Gasteiger partial charge is 0.00979 e. The van der Waals surface area contributed by atoms with Crippen molar-refractivity contribution in [1.29, 1.82) is 0 Å². The monoisotopic (exact) mass is 186 g/mol. The zero-order valence-corrected chi connectivity index (χ0v) is 8.99. The van der Waals surface area contributed by atoms with Crippen molar-refractivity contribution < 1.29 is 0 Å². The number of rotatable bonds is 9. The molecule has 0 aromatic heterocycles. The second-order valence-corrected chi connectivity index (χ2v) is 3.72. The van der Waals surface area contributed by atoms with Gasteiger partial charge in [0.1, 0.15) is 0 Å². The van der Waals surface area contributed by atoms with Gasteiger partial charge in [0.25, 0.3) is 0 Å². The van der Waals surface area contributed by atoms with Crippen molar-refractivity contribution >= 4 is 12.6 Å². The molecule has 0 aliphatic carbocycles. The summed E-state index contributed by atoms with van der Waals surface area (Å²) in [5.74, 6) is 1.05. The lowest BCUT2D eigenvalue weighted by atomic mass is 10.1. The molecule has 0 aliphatic heterocycles. The average Bonchev–Trinajstić information content (AvgIpc) is 2.10. The van der Waals surface area contributed by atoms with Gasteiger partial charge in [0.05, 0.1) is 0 Å². The molecule has 0 fully saturated rings. The second kappa shape index (κ2) is 11.1. The summed E-state index contributed by atoms with van der Waals surface area (Å²) in [6.07, 6.45) is 12.8. The maximum Gasteiger partial charge on any atom is -0.00979 e. The fourth-order valence-corrected chi connectivity index (χ4v) is 1.51. The van der Waals surface area contributed by atoms with E-state index in [-0.39, 0.29) is 0 Å². The van der Waals surface area contributed by atoms with E-state index in [1.165, 1.54) is 51.4 Å². The van der Waals surface area contributed by atoms with E-state index in [0.717, 1.165) is 5.75 Å². The van der Waals surface area contributed by atoms with Crippen LogP contribution in [-0.2, 0) is 0 Å². The van der Waals surface area contributed by atoms with Gasteiger partial charge in [-0.25, -0.2) is 0 Å². The standard InChI is InChI=1S/C11H22S/c1-2-3-4-5-6-7-8-9-10-11-12/h2,12H,1,3-11H2. The third-order valence-corrected chi connectivity index (χ3v) is 2.38. The molecule has 0 nitrogen and oxygen atoms in total. The lowest BCUT2D eigenvalue weighted by molar-refractivity contribution is 0.594. The van der Waals surface area contributed by atoms with E-state index in [9.17, 15) is 0 Å². The molecule has 0 bridgehead atoms.